The maximum atomic E-state index is 5.24. The van der Waals surface area contributed by atoms with Gasteiger partial charge in [0.05, 0.1) is 5.60 Å². The van der Waals surface area contributed by atoms with Crippen molar-refractivity contribution >= 4 is 0 Å². The highest BCUT2D eigenvalue weighted by molar-refractivity contribution is 4.68. The van der Waals surface area contributed by atoms with Crippen molar-refractivity contribution in [1.29, 1.82) is 0 Å². The van der Waals surface area contributed by atoms with E-state index in [1.165, 1.54) is 0 Å². The second-order valence-corrected chi connectivity index (χ2v) is 2.77. The Balaban J connectivity index is 0. The topological polar surface area (TPSA) is 18.5 Å². The molecule has 0 amide bonds. The van der Waals surface area contributed by atoms with Gasteiger partial charge in [-0.15, -0.1) is 0 Å². The molecule has 0 heterocycles. The quantitative estimate of drug-likeness (QED) is 0.634. The summed E-state index contributed by atoms with van der Waals surface area (Å²) in [5.74, 6) is 0. The van der Waals surface area contributed by atoms with E-state index in [1.807, 2.05) is 0 Å². The third-order valence-electron chi connectivity index (χ3n) is 1.99. The van der Waals surface area contributed by atoms with Crippen molar-refractivity contribution in [3.05, 3.63) is 0 Å². The summed E-state index contributed by atoms with van der Waals surface area (Å²) in [6, 6.07) is 0. The van der Waals surface area contributed by atoms with E-state index in [9.17, 15) is 0 Å². The molecule has 0 unspecified atom stereocenters. The SMILES string of the molecule is CCC(C)(CC)OC.COC. The average molecular weight is 162 g/mol. The van der Waals surface area contributed by atoms with Gasteiger partial charge in [0.2, 0.25) is 0 Å². The molecule has 0 saturated carbocycles. The van der Waals surface area contributed by atoms with Gasteiger partial charge in [0.25, 0.3) is 0 Å². The molecule has 0 saturated heterocycles. The third-order valence-corrected chi connectivity index (χ3v) is 1.99. The van der Waals surface area contributed by atoms with E-state index in [-0.39, 0.29) is 5.60 Å². The zero-order chi connectivity index (χ0) is 9.33. The zero-order valence-corrected chi connectivity index (χ0v) is 8.73. The molecule has 70 valence electrons. The zero-order valence-electron chi connectivity index (χ0n) is 8.73. The lowest BCUT2D eigenvalue weighted by molar-refractivity contribution is -0.000191. The monoisotopic (exact) mass is 162 g/mol. The van der Waals surface area contributed by atoms with E-state index in [4.69, 9.17) is 4.74 Å². The largest absolute Gasteiger partial charge is 0.388 e. The van der Waals surface area contributed by atoms with Gasteiger partial charge in [0, 0.05) is 21.3 Å². The summed E-state index contributed by atoms with van der Waals surface area (Å²) in [4.78, 5) is 0. The molecule has 0 rings (SSSR count). The van der Waals surface area contributed by atoms with Gasteiger partial charge in [-0.25, -0.2) is 0 Å². The second-order valence-electron chi connectivity index (χ2n) is 2.77. The molecule has 0 atom stereocenters. The summed E-state index contributed by atoms with van der Waals surface area (Å²) in [6.45, 7) is 6.42. The summed E-state index contributed by atoms with van der Waals surface area (Å²) in [5.41, 5.74) is 0.125. The van der Waals surface area contributed by atoms with E-state index in [2.05, 4.69) is 25.5 Å². The second kappa shape index (κ2) is 8.02. The normalized spacial score (nSPS) is 10.4. The van der Waals surface area contributed by atoms with Crippen LogP contribution in [0.3, 0.4) is 0 Å². The first-order valence-corrected chi connectivity index (χ1v) is 4.05. The van der Waals surface area contributed by atoms with Crippen LogP contribution in [-0.4, -0.2) is 26.9 Å². The molecule has 0 aliphatic carbocycles. The van der Waals surface area contributed by atoms with Crippen molar-refractivity contribution in [3.63, 3.8) is 0 Å². The molecule has 0 aromatic rings. The smallest absolute Gasteiger partial charge is 0.0645 e. The van der Waals surface area contributed by atoms with Gasteiger partial charge in [-0.1, -0.05) is 13.8 Å². The number of hydrogen-bond acceptors (Lipinski definition) is 2. The standard InChI is InChI=1S/C7H16O.C2H6O/c1-5-7(3,6-2)8-4;1-3-2/h5-6H2,1-4H3;1-2H3. The lowest BCUT2D eigenvalue weighted by Crippen LogP contribution is -2.24. The molecule has 0 aliphatic rings. The van der Waals surface area contributed by atoms with E-state index in [0.29, 0.717) is 0 Å². The molecule has 0 fully saturated rings. The molecule has 0 radical (unpaired) electrons. The van der Waals surface area contributed by atoms with Crippen molar-refractivity contribution in [3.8, 4) is 0 Å². The molecular weight excluding hydrogens is 140 g/mol. The van der Waals surface area contributed by atoms with Gasteiger partial charge in [-0.3, -0.25) is 0 Å². The van der Waals surface area contributed by atoms with Gasteiger partial charge >= 0.3 is 0 Å². The number of methoxy groups -OCH3 is 2. The molecular formula is C9H22O2. The van der Waals surface area contributed by atoms with Crippen LogP contribution in [0.5, 0.6) is 0 Å². The summed E-state index contributed by atoms with van der Waals surface area (Å²) in [6.07, 6.45) is 2.19. The number of rotatable bonds is 3. The Morgan fingerprint density at radius 1 is 1.00 bits per heavy atom. The van der Waals surface area contributed by atoms with Crippen molar-refractivity contribution in [2.24, 2.45) is 0 Å². The minimum atomic E-state index is 0.125. The van der Waals surface area contributed by atoms with Crippen molar-refractivity contribution in [2.45, 2.75) is 39.2 Å². The predicted octanol–water partition coefficient (Wildman–Crippen LogP) is 2.47. The molecule has 0 aromatic heterocycles. The first-order valence-electron chi connectivity index (χ1n) is 4.05. The Kier molecular flexibility index (Phi) is 9.85. The average Bonchev–Trinajstić information content (AvgIpc) is 2.05. The predicted molar refractivity (Wildman–Crippen MR) is 48.9 cm³/mol. The van der Waals surface area contributed by atoms with E-state index < -0.39 is 0 Å². The highest BCUT2D eigenvalue weighted by atomic mass is 16.5. The minimum absolute atomic E-state index is 0.125. The van der Waals surface area contributed by atoms with Crippen LogP contribution >= 0.6 is 0 Å². The highest BCUT2D eigenvalue weighted by Gasteiger charge is 2.16. The van der Waals surface area contributed by atoms with Crippen molar-refractivity contribution in [1.82, 2.24) is 0 Å². The van der Waals surface area contributed by atoms with Gasteiger partial charge in [0.15, 0.2) is 0 Å². The van der Waals surface area contributed by atoms with Crippen LogP contribution in [0.2, 0.25) is 0 Å². The Labute approximate surface area is 70.9 Å². The molecule has 0 bridgehead atoms. The first kappa shape index (κ1) is 13.5. The van der Waals surface area contributed by atoms with Crippen molar-refractivity contribution in [2.75, 3.05) is 21.3 Å². The van der Waals surface area contributed by atoms with Crippen LogP contribution in [0, 0.1) is 0 Å². The summed E-state index contributed by atoms with van der Waals surface area (Å²) in [7, 11) is 5.02. The van der Waals surface area contributed by atoms with Crippen LogP contribution in [0.4, 0.5) is 0 Å². The van der Waals surface area contributed by atoms with E-state index in [0.717, 1.165) is 12.8 Å². The highest BCUT2D eigenvalue weighted by Crippen LogP contribution is 2.16. The van der Waals surface area contributed by atoms with E-state index in [1.54, 1.807) is 21.3 Å². The summed E-state index contributed by atoms with van der Waals surface area (Å²) >= 11 is 0. The van der Waals surface area contributed by atoms with Crippen LogP contribution in [0.25, 0.3) is 0 Å². The third kappa shape index (κ3) is 7.82. The van der Waals surface area contributed by atoms with Crippen molar-refractivity contribution < 1.29 is 9.47 Å². The van der Waals surface area contributed by atoms with Gasteiger partial charge < -0.3 is 9.47 Å². The fourth-order valence-electron chi connectivity index (χ4n) is 0.539. The van der Waals surface area contributed by atoms with Gasteiger partial charge in [-0.2, -0.15) is 0 Å². The van der Waals surface area contributed by atoms with Crippen LogP contribution in [0.15, 0.2) is 0 Å². The Hall–Kier alpha value is -0.0800. The van der Waals surface area contributed by atoms with Gasteiger partial charge in [0.1, 0.15) is 0 Å². The van der Waals surface area contributed by atoms with E-state index >= 15 is 0 Å². The Bertz CT molecular complexity index is 59.7. The molecule has 11 heavy (non-hydrogen) atoms. The molecule has 2 heteroatoms. The fraction of sp³-hybridized carbons (Fsp3) is 1.00. The minimum Gasteiger partial charge on any atom is -0.388 e. The van der Waals surface area contributed by atoms with Gasteiger partial charge in [-0.05, 0) is 19.8 Å². The molecule has 0 aromatic carbocycles. The number of ether oxygens (including phenoxy) is 2. The van der Waals surface area contributed by atoms with Crippen LogP contribution in [0.1, 0.15) is 33.6 Å². The lowest BCUT2D eigenvalue weighted by Gasteiger charge is -2.24. The first-order chi connectivity index (χ1) is 5.10. The Morgan fingerprint density at radius 3 is 1.27 bits per heavy atom. The molecule has 0 N–H and O–H groups in total. The molecule has 0 aliphatic heterocycles. The van der Waals surface area contributed by atoms with Crippen LogP contribution < -0.4 is 0 Å². The summed E-state index contributed by atoms with van der Waals surface area (Å²) in [5, 5.41) is 0. The maximum absolute atomic E-state index is 5.24. The fourth-order valence-corrected chi connectivity index (χ4v) is 0.539. The molecule has 2 nitrogen and oxygen atoms in total. The van der Waals surface area contributed by atoms with Crippen LogP contribution in [-0.2, 0) is 9.47 Å². The molecule has 0 spiro atoms. The maximum Gasteiger partial charge on any atom is 0.0645 e. The summed E-state index contributed by atoms with van der Waals surface area (Å²) < 4.78 is 9.49. The Morgan fingerprint density at radius 2 is 1.27 bits per heavy atom. The number of hydrogen-bond donors (Lipinski definition) is 0. The lowest BCUT2D eigenvalue weighted by atomic mass is 10.0.